The van der Waals surface area contributed by atoms with Gasteiger partial charge in [0.15, 0.2) is 0 Å². The second-order valence-electron chi connectivity index (χ2n) is 3.56. The first kappa shape index (κ1) is 11.5. The van der Waals surface area contributed by atoms with E-state index in [1.54, 1.807) is 0 Å². The van der Waals surface area contributed by atoms with Gasteiger partial charge in [-0.3, -0.25) is 4.79 Å². The molecule has 1 rings (SSSR count). The third kappa shape index (κ3) is 3.58. The van der Waals surface area contributed by atoms with Gasteiger partial charge in [0.2, 0.25) is 5.91 Å². The summed E-state index contributed by atoms with van der Waals surface area (Å²) < 4.78 is 4.55. The fraction of sp³-hybridized carbons (Fsp3) is 0.700. The maximum atomic E-state index is 11.4. The first-order valence-electron chi connectivity index (χ1n) is 4.94. The van der Waals surface area contributed by atoms with E-state index < -0.39 is 12.0 Å². The lowest BCUT2D eigenvalue weighted by molar-refractivity contribution is -0.145. The summed E-state index contributed by atoms with van der Waals surface area (Å²) in [7, 11) is 1.27. The van der Waals surface area contributed by atoms with E-state index in [0.717, 1.165) is 12.8 Å². The summed E-state index contributed by atoms with van der Waals surface area (Å²) in [6.07, 6.45) is 2.31. The largest absolute Gasteiger partial charge is 0.467 e. The Labute approximate surface area is 88.4 Å². The van der Waals surface area contributed by atoms with E-state index in [2.05, 4.69) is 10.1 Å². The summed E-state index contributed by atoms with van der Waals surface area (Å²) >= 11 is 0. The molecule has 0 radical (unpaired) electrons. The molecule has 1 fully saturated rings. The zero-order valence-electron chi connectivity index (χ0n) is 8.66. The molecule has 1 amide bonds. The highest BCUT2D eigenvalue weighted by Crippen LogP contribution is 2.29. The number of esters is 1. The van der Waals surface area contributed by atoms with Crippen molar-refractivity contribution in [3.05, 3.63) is 0 Å². The maximum absolute atomic E-state index is 11.4. The number of nitrogens with zero attached hydrogens (tertiary/aromatic N) is 1. The van der Waals surface area contributed by atoms with Crippen molar-refractivity contribution in [2.24, 2.45) is 5.92 Å². The van der Waals surface area contributed by atoms with Gasteiger partial charge >= 0.3 is 5.97 Å². The van der Waals surface area contributed by atoms with E-state index >= 15 is 0 Å². The van der Waals surface area contributed by atoms with E-state index in [-0.39, 0.29) is 18.2 Å². The van der Waals surface area contributed by atoms with Crippen LogP contribution >= 0.6 is 0 Å². The van der Waals surface area contributed by atoms with Gasteiger partial charge in [-0.25, -0.2) is 4.79 Å². The molecule has 1 aliphatic carbocycles. The molecule has 82 valence electrons. The lowest BCUT2D eigenvalue weighted by atomic mass is 10.1. The fourth-order valence-corrected chi connectivity index (χ4v) is 1.24. The summed E-state index contributed by atoms with van der Waals surface area (Å²) in [5, 5.41) is 11.0. The number of methoxy groups -OCH3 is 1. The van der Waals surface area contributed by atoms with Crippen LogP contribution in [0.2, 0.25) is 0 Å². The van der Waals surface area contributed by atoms with Crippen LogP contribution in [0.1, 0.15) is 25.7 Å². The molecule has 15 heavy (non-hydrogen) atoms. The zero-order valence-corrected chi connectivity index (χ0v) is 8.66. The predicted molar refractivity (Wildman–Crippen MR) is 51.5 cm³/mol. The number of hydrogen-bond acceptors (Lipinski definition) is 4. The molecular formula is C10H14N2O3. The average molecular weight is 210 g/mol. The van der Waals surface area contributed by atoms with Crippen LogP contribution in [0.25, 0.3) is 0 Å². The van der Waals surface area contributed by atoms with Crippen LogP contribution < -0.4 is 5.32 Å². The SMILES string of the molecule is COC(=O)[C@@H](CCC#N)NC(=O)C1CC1. The number of nitrogens with one attached hydrogen (secondary N) is 1. The van der Waals surface area contributed by atoms with Gasteiger partial charge in [-0.05, 0) is 19.3 Å². The van der Waals surface area contributed by atoms with Gasteiger partial charge in [-0.2, -0.15) is 5.26 Å². The Morgan fingerprint density at radius 2 is 2.27 bits per heavy atom. The smallest absolute Gasteiger partial charge is 0.328 e. The van der Waals surface area contributed by atoms with Crippen molar-refractivity contribution >= 4 is 11.9 Å². The lowest BCUT2D eigenvalue weighted by Gasteiger charge is -2.14. The van der Waals surface area contributed by atoms with Gasteiger partial charge in [0.25, 0.3) is 0 Å². The summed E-state index contributed by atoms with van der Waals surface area (Å²) in [5.74, 6) is -0.540. The Balaban J connectivity index is 2.43. The van der Waals surface area contributed by atoms with Crippen LogP contribution in [0.5, 0.6) is 0 Å². The van der Waals surface area contributed by atoms with Gasteiger partial charge in [0, 0.05) is 12.3 Å². The van der Waals surface area contributed by atoms with Crippen molar-refractivity contribution in [1.82, 2.24) is 5.32 Å². The molecule has 0 bridgehead atoms. The van der Waals surface area contributed by atoms with Crippen molar-refractivity contribution in [1.29, 1.82) is 5.26 Å². The summed E-state index contributed by atoms with van der Waals surface area (Å²) in [6.45, 7) is 0. The van der Waals surface area contributed by atoms with Crippen LogP contribution in [0.4, 0.5) is 0 Å². The quantitative estimate of drug-likeness (QED) is 0.664. The first-order valence-corrected chi connectivity index (χ1v) is 4.94. The van der Waals surface area contributed by atoms with E-state index in [9.17, 15) is 9.59 Å². The van der Waals surface area contributed by atoms with Crippen molar-refractivity contribution in [2.45, 2.75) is 31.7 Å². The van der Waals surface area contributed by atoms with Crippen LogP contribution in [0.15, 0.2) is 0 Å². The molecule has 0 aromatic heterocycles. The highest BCUT2D eigenvalue weighted by atomic mass is 16.5. The number of rotatable bonds is 5. The molecule has 5 heteroatoms. The topological polar surface area (TPSA) is 79.2 Å². The minimum Gasteiger partial charge on any atom is -0.467 e. The molecule has 0 spiro atoms. The molecule has 1 saturated carbocycles. The third-order valence-corrected chi connectivity index (χ3v) is 2.30. The van der Waals surface area contributed by atoms with E-state index in [1.807, 2.05) is 6.07 Å². The van der Waals surface area contributed by atoms with Crippen LogP contribution in [-0.2, 0) is 14.3 Å². The summed E-state index contributed by atoms with van der Waals surface area (Å²) in [6, 6.07) is 1.26. The van der Waals surface area contributed by atoms with Crippen molar-refractivity contribution < 1.29 is 14.3 Å². The number of carbonyl (C=O) groups excluding carboxylic acids is 2. The van der Waals surface area contributed by atoms with Crippen molar-refractivity contribution in [3.8, 4) is 6.07 Å². The van der Waals surface area contributed by atoms with E-state index in [0.29, 0.717) is 6.42 Å². The Hall–Kier alpha value is -1.57. The minimum atomic E-state index is -0.678. The van der Waals surface area contributed by atoms with Crippen LogP contribution in [0, 0.1) is 17.2 Å². The lowest BCUT2D eigenvalue weighted by Crippen LogP contribution is -2.42. The van der Waals surface area contributed by atoms with Gasteiger partial charge in [0.05, 0.1) is 13.2 Å². The maximum Gasteiger partial charge on any atom is 0.328 e. The van der Waals surface area contributed by atoms with Crippen molar-refractivity contribution in [2.75, 3.05) is 7.11 Å². The molecule has 0 aliphatic heterocycles. The highest BCUT2D eigenvalue weighted by Gasteiger charge is 2.32. The molecule has 0 saturated heterocycles. The second-order valence-corrected chi connectivity index (χ2v) is 3.56. The number of nitriles is 1. The Kier molecular flexibility index (Phi) is 4.10. The summed E-state index contributed by atoms with van der Waals surface area (Å²) in [4.78, 5) is 22.6. The average Bonchev–Trinajstić information content (AvgIpc) is 3.06. The van der Waals surface area contributed by atoms with E-state index in [1.165, 1.54) is 7.11 Å². The van der Waals surface area contributed by atoms with Gasteiger partial charge in [0.1, 0.15) is 6.04 Å². The Morgan fingerprint density at radius 3 is 2.73 bits per heavy atom. The standard InChI is InChI=1S/C10H14N2O3/c1-15-10(14)8(3-2-6-11)12-9(13)7-4-5-7/h7-8H,2-5H2,1H3,(H,12,13)/t8-/m1/s1. The molecule has 0 heterocycles. The molecule has 5 nitrogen and oxygen atoms in total. The second kappa shape index (κ2) is 5.35. The number of amides is 1. The first-order chi connectivity index (χ1) is 7.19. The normalized spacial score (nSPS) is 16.3. The Morgan fingerprint density at radius 1 is 1.60 bits per heavy atom. The zero-order chi connectivity index (χ0) is 11.3. The molecule has 1 aliphatic rings. The number of ether oxygens (including phenoxy) is 1. The molecule has 0 aromatic carbocycles. The van der Waals surface area contributed by atoms with Gasteiger partial charge in [-0.15, -0.1) is 0 Å². The van der Waals surface area contributed by atoms with Gasteiger partial charge in [-0.1, -0.05) is 0 Å². The molecule has 0 aromatic rings. The van der Waals surface area contributed by atoms with Crippen LogP contribution in [0.3, 0.4) is 0 Å². The highest BCUT2D eigenvalue weighted by molar-refractivity contribution is 5.86. The Bertz CT molecular complexity index is 292. The number of hydrogen-bond donors (Lipinski definition) is 1. The predicted octanol–water partition coefficient (Wildman–Crippen LogP) is 0.358. The number of carbonyl (C=O) groups is 2. The summed E-state index contributed by atoms with van der Waals surface area (Å²) in [5.41, 5.74) is 0. The molecular weight excluding hydrogens is 196 g/mol. The third-order valence-electron chi connectivity index (χ3n) is 2.30. The molecule has 1 N–H and O–H groups in total. The van der Waals surface area contributed by atoms with E-state index in [4.69, 9.17) is 5.26 Å². The van der Waals surface area contributed by atoms with Crippen molar-refractivity contribution in [3.63, 3.8) is 0 Å². The fourth-order valence-electron chi connectivity index (χ4n) is 1.24. The van der Waals surface area contributed by atoms with Crippen LogP contribution in [-0.4, -0.2) is 25.0 Å². The minimum absolute atomic E-state index is 0.0549. The molecule has 1 atom stereocenters. The van der Waals surface area contributed by atoms with Gasteiger partial charge < -0.3 is 10.1 Å². The molecule has 0 unspecified atom stereocenters. The monoisotopic (exact) mass is 210 g/mol.